The summed E-state index contributed by atoms with van der Waals surface area (Å²) in [6.45, 7) is 1.78. The van der Waals surface area contributed by atoms with E-state index in [1.54, 1.807) is 13.8 Å². The quantitative estimate of drug-likeness (QED) is 0.751. The summed E-state index contributed by atoms with van der Waals surface area (Å²) in [6.07, 6.45) is -0.482. The topological polar surface area (TPSA) is 93.4 Å². The molecular formula is C14H21F2N3O4. The zero-order valence-electron chi connectivity index (χ0n) is 13.5. The number of halogens is 2. The highest BCUT2D eigenvalue weighted by atomic mass is 19.3. The molecule has 0 spiro atoms. The summed E-state index contributed by atoms with van der Waals surface area (Å²) in [7, 11) is 1.40. The maximum atomic E-state index is 12.8. The van der Waals surface area contributed by atoms with Crippen molar-refractivity contribution >= 4 is 11.9 Å². The molecule has 0 fully saturated rings. The van der Waals surface area contributed by atoms with Gasteiger partial charge in [-0.15, -0.1) is 0 Å². The van der Waals surface area contributed by atoms with E-state index in [0.717, 1.165) is 0 Å². The predicted molar refractivity (Wildman–Crippen MR) is 77.3 cm³/mol. The second kappa shape index (κ2) is 7.49. The molecule has 1 aromatic heterocycles. The zero-order valence-corrected chi connectivity index (χ0v) is 13.5. The summed E-state index contributed by atoms with van der Waals surface area (Å²) in [5.74, 6) is -1.56. The van der Waals surface area contributed by atoms with Crippen LogP contribution in [0.15, 0.2) is 0 Å². The normalized spacial score (nSPS) is 13.9. The molecule has 1 amide bonds. The Kier molecular flexibility index (Phi) is 6.20. The maximum Gasteiger partial charge on any atom is 0.333 e. The SMILES string of the molecule is COCC(C)(CC(=O)O)NC(=O)Cc1c(C)nn(C(F)F)c1C. The highest BCUT2D eigenvalue weighted by molar-refractivity contribution is 5.81. The average Bonchev–Trinajstić information content (AvgIpc) is 2.65. The first-order chi connectivity index (χ1) is 10.6. The molecule has 0 aliphatic rings. The van der Waals surface area contributed by atoms with Gasteiger partial charge in [-0.2, -0.15) is 13.9 Å². The van der Waals surface area contributed by atoms with Crippen molar-refractivity contribution in [1.29, 1.82) is 0 Å². The van der Waals surface area contributed by atoms with Crippen LogP contribution in [-0.2, 0) is 20.7 Å². The van der Waals surface area contributed by atoms with E-state index in [9.17, 15) is 18.4 Å². The van der Waals surface area contributed by atoms with Gasteiger partial charge in [0.1, 0.15) is 0 Å². The Balaban J connectivity index is 2.89. The highest BCUT2D eigenvalue weighted by Gasteiger charge is 2.30. The number of nitrogens with zero attached hydrogens (tertiary/aromatic N) is 2. The van der Waals surface area contributed by atoms with Gasteiger partial charge < -0.3 is 15.2 Å². The molecule has 2 N–H and O–H groups in total. The first-order valence-electron chi connectivity index (χ1n) is 6.94. The van der Waals surface area contributed by atoms with Crippen LogP contribution in [0.2, 0.25) is 0 Å². The Morgan fingerprint density at radius 1 is 1.43 bits per heavy atom. The Hall–Kier alpha value is -2.03. The fourth-order valence-corrected chi connectivity index (χ4v) is 2.47. The number of ether oxygens (including phenoxy) is 1. The van der Waals surface area contributed by atoms with Crippen molar-refractivity contribution in [2.75, 3.05) is 13.7 Å². The molecule has 0 saturated carbocycles. The first-order valence-corrected chi connectivity index (χ1v) is 6.94. The van der Waals surface area contributed by atoms with Crippen molar-refractivity contribution in [3.63, 3.8) is 0 Å². The molecule has 0 saturated heterocycles. The van der Waals surface area contributed by atoms with Gasteiger partial charge in [0.2, 0.25) is 5.91 Å². The number of aromatic nitrogens is 2. The minimum atomic E-state index is -2.78. The molecule has 7 nitrogen and oxygen atoms in total. The van der Waals surface area contributed by atoms with Crippen LogP contribution in [0, 0.1) is 13.8 Å². The Morgan fingerprint density at radius 3 is 2.48 bits per heavy atom. The third kappa shape index (κ3) is 4.98. The summed E-state index contributed by atoms with van der Waals surface area (Å²) in [5, 5.41) is 15.2. The van der Waals surface area contributed by atoms with E-state index >= 15 is 0 Å². The molecule has 0 aliphatic heterocycles. The average molecular weight is 333 g/mol. The Bertz CT molecular complexity index is 589. The number of carboxylic acids is 1. The minimum absolute atomic E-state index is 0.0132. The number of rotatable bonds is 8. The summed E-state index contributed by atoms with van der Waals surface area (Å²) in [5.41, 5.74) is -0.139. The molecule has 130 valence electrons. The smallest absolute Gasteiger partial charge is 0.333 e. The number of carboxylic acid groups (broad SMARTS) is 1. The van der Waals surface area contributed by atoms with Crippen molar-refractivity contribution in [3.8, 4) is 0 Å². The maximum absolute atomic E-state index is 12.8. The molecule has 1 atom stereocenters. The third-order valence-corrected chi connectivity index (χ3v) is 3.44. The second-order valence-corrected chi connectivity index (χ2v) is 5.66. The summed E-state index contributed by atoms with van der Waals surface area (Å²) < 4.78 is 31.1. The van der Waals surface area contributed by atoms with Gasteiger partial charge in [0.25, 0.3) is 0 Å². The summed E-state index contributed by atoms with van der Waals surface area (Å²) in [4.78, 5) is 23.1. The Morgan fingerprint density at radius 2 is 2.04 bits per heavy atom. The molecule has 1 unspecified atom stereocenters. The largest absolute Gasteiger partial charge is 0.481 e. The second-order valence-electron chi connectivity index (χ2n) is 5.66. The zero-order chi connectivity index (χ0) is 17.8. The highest BCUT2D eigenvalue weighted by Crippen LogP contribution is 2.20. The van der Waals surface area contributed by atoms with Crippen LogP contribution in [0.25, 0.3) is 0 Å². The summed E-state index contributed by atoms with van der Waals surface area (Å²) >= 11 is 0. The van der Waals surface area contributed by atoms with Crippen LogP contribution in [-0.4, -0.2) is 46.0 Å². The van der Waals surface area contributed by atoms with Gasteiger partial charge in [-0.1, -0.05) is 0 Å². The standard InChI is InChI=1S/C14H21F2N3O4/c1-8-10(9(2)19(18-8)13(15)16)5-11(20)17-14(3,7-23-4)6-12(21)22/h13H,5-7H2,1-4H3,(H,17,20)(H,21,22). The lowest BCUT2D eigenvalue weighted by Crippen LogP contribution is -2.51. The molecule has 1 heterocycles. The molecule has 1 aromatic rings. The van der Waals surface area contributed by atoms with E-state index in [2.05, 4.69) is 10.4 Å². The molecule has 23 heavy (non-hydrogen) atoms. The molecule has 1 rings (SSSR count). The number of nitrogens with one attached hydrogen (secondary N) is 1. The van der Waals surface area contributed by atoms with E-state index in [1.807, 2.05) is 0 Å². The number of carbonyl (C=O) groups excluding carboxylic acids is 1. The predicted octanol–water partition coefficient (Wildman–Crippen LogP) is 1.43. The van der Waals surface area contributed by atoms with Crippen molar-refractivity contribution in [1.82, 2.24) is 15.1 Å². The van der Waals surface area contributed by atoms with Gasteiger partial charge in [-0.3, -0.25) is 9.59 Å². The van der Waals surface area contributed by atoms with Gasteiger partial charge in [0.15, 0.2) is 0 Å². The lowest BCUT2D eigenvalue weighted by molar-refractivity contribution is -0.139. The Labute approximate surface area is 132 Å². The lowest BCUT2D eigenvalue weighted by Gasteiger charge is -2.28. The van der Waals surface area contributed by atoms with Gasteiger partial charge in [0.05, 0.1) is 30.7 Å². The minimum Gasteiger partial charge on any atom is -0.481 e. The molecule has 0 aromatic carbocycles. The van der Waals surface area contributed by atoms with E-state index in [-0.39, 0.29) is 25.1 Å². The van der Waals surface area contributed by atoms with E-state index in [1.165, 1.54) is 14.0 Å². The molecule has 0 radical (unpaired) electrons. The van der Waals surface area contributed by atoms with E-state index < -0.39 is 24.0 Å². The van der Waals surface area contributed by atoms with Crippen LogP contribution in [0.3, 0.4) is 0 Å². The fourth-order valence-electron chi connectivity index (χ4n) is 2.47. The van der Waals surface area contributed by atoms with Gasteiger partial charge in [0, 0.05) is 18.4 Å². The fraction of sp³-hybridized carbons (Fsp3) is 0.643. The van der Waals surface area contributed by atoms with Crippen LogP contribution < -0.4 is 5.32 Å². The van der Waals surface area contributed by atoms with Crippen LogP contribution in [0.1, 0.15) is 36.8 Å². The molecule has 9 heteroatoms. The van der Waals surface area contributed by atoms with Crippen molar-refractivity contribution in [2.24, 2.45) is 0 Å². The number of aliphatic carboxylic acids is 1. The third-order valence-electron chi connectivity index (χ3n) is 3.44. The lowest BCUT2D eigenvalue weighted by atomic mass is 9.98. The number of hydrogen-bond donors (Lipinski definition) is 2. The molecular weight excluding hydrogens is 312 g/mol. The van der Waals surface area contributed by atoms with E-state index in [4.69, 9.17) is 9.84 Å². The first kappa shape index (κ1) is 19.0. The summed E-state index contributed by atoms with van der Waals surface area (Å²) in [6, 6.07) is 0. The number of amides is 1. The van der Waals surface area contributed by atoms with E-state index in [0.29, 0.717) is 15.9 Å². The number of methoxy groups -OCH3 is 1. The van der Waals surface area contributed by atoms with Crippen LogP contribution >= 0.6 is 0 Å². The monoisotopic (exact) mass is 333 g/mol. The van der Waals surface area contributed by atoms with Crippen molar-refractivity contribution in [3.05, 3.63) is 17.0 Å². The molecule has 0 aliphatic carbocycles. The van der Waals surface area contributed by atoms with Crippen LogP contribution in [0.4, 0.5) is 8.78 Å². The van der Waals surface area contributed by atoms with Crippen molar-refractivity contribution < 1.29 is 28.2 Å². The van der Waals surface area contributed by atoms with Crippen LogP contribution in [0.5, 0.6) is 0 Å². The number of aryl methyl sites for hydroxylation is 1. The number of carbonyl (C=O) groups is 2. The number of hydrogen-bond acceptors (Lipinski definition) is 4. The van der Waals surface area contributed by atoms with Gasteiger partial charge in [-0.25, -0.2) is 4.68 Å². The van der Waals surface area contributed by atoms with Crippen molar-refractivity contribution in [2.45, 2.75) is 45.7 Å². The number of alkyl halides is 2. The molecule has 0 bridgehead atoms. The van der Waals surface area contributed by atoms with Gasteiger partial charge in [-0.05, 0) is 20.8 Å². The van der Waals surface area contributed by atoms with Gasteiger partial charge >= 0.3 is 12.5 Å².